The average molecular weight is 252 g/mol. The number of hydrogen-bond donors (Lipinski definition) is 3. The van der Waals surface area contributed by atoms with Gasteiger partial charge in [0.1, 0.15) is 10.6 Å². The van der Waals surface area contributed by atoms with Crippen LogP contribution in [0.5, 0.6) is 0 Å². The number of nitrogen functional groups attached to an aromatic ring is 1. The number of carbonyl (C=O) groups excluding carboxylic acids is 1. The molecule has 2 saturated carbocycles. The first-order valence-corrected chi connectivity index (χ1v) is 6.68. The van der Waals surface area contributed by atoms with Crippen molar-refractivity contribution in [3.05, 3.63) is 5.56 Å². The van der Waals surface area contributed by atoms with E-state index in [9.17, 15) is 4.79 Å². The Morgan fingerprint density at radius 2 is 2.24 bits per heavy atom. The van der Waals surface area contributed by atoms with Crippen LogP contribution in [-0.4, -0.2) is 16.8 Å². The minimum atomic E-state index is -0.505. The third-order valence-corrected chi connectivity index (χ3v) is 4.72. The van der Waals surface area contributed by atoms with Gasteiger partial charge in [-0.3, -0.25) is 4.79 Å². The van der Waals surface area contributed by atoms with Gasteiger partial charge in [-0.2, -0.15) is 4.37 Å². The van der Waals surface area contributed by atoms with Crippen LogP contribution in [0.25, 0.3) is 0 Å². The molecule has 0 spiro atoms. The van der Waals surface area contributed by atoms with Crippen molar-refractivity contribution in [1.29, 1.82) is 0 Å². The summed E-state index contributed by atoms with van der Waals surface area (Å²) in [7, 11) is 0. The second kappa shape index (κ2) is 3.60. The van der Waals surface area contributed by atoms with Crippen LogP contribution in [0.1, 0.15) is 36.0 Å². The summed E-state index contributed by atoms with van der Waals surface area (Å²) < 4.78 is 3.98. The van der Waals surface area contributed by atoms with E-state index in [-0.39, 0.29) is 5.82 Å². The number of primary amides is 1. The molecule has 17 heavy (non-hydrogen) atoms. The number of hydrogen-bond acceptors (Lipinski definition) is 5. The molecular weight excluding hydrogens is 236 g/mol. The largest absolute Gasteiger partial charge is 0.382 e. The van der Waals surface area contributed by atoms with Gasteiger partial charge in [0, 0.05) is 6.54 Å². The molecule has 0 bridgehead atoms. The fourth-order valence-corrected chi connectivity index (χ4v) is 3.22. The van der Waals surface area contributed by atoms with Crippen LogP contribution in [-0.2, 0) is 0 Å². The Morgan fingerprint density at radius 1 is 1.53 bits per heavy atom. The molecule has 1 amide bonds. The molecule has 1 aromatic rings. The molecule has 3 rings (SSSR count). The molecule has 1 aromatic heterocycles. The molecule has 0 unspecified atom stereocenters. The van der Waals surface area contributed by atoms with Crippen molar-refractivity contribution in [2.45, 2.75) is 25.7 Å². The summed E-state index contributed by atoms with van der Waals surface area (Å²) in [6.45, 7) is 0.916. The van der Waals surface area contributed by atoms with E-state index in [1.54, 1.807) is 0 Å². The highest BCUT2D eigenvalue weighted by molar-refractivity contribution is 7.11. The van der Waals surface area contributed by atoms with E-state index in [1.807, 2.05) is 0 Å². The summed E-state index contributed by atoms with van der Waals surface area (Å²) in [6, 6.07) is 0. The second-order valence-electron chi connectivity index (χ2n) is 5.13. The summed E-state index contributed by atoms with van der Waals surface area (Å²) in [4.78, 5) is 11.3. The molecule has 0 aliphatic heterocycles. The number of anilines is 2. The van der Waals surface area contributed by atoms with Crippen molar-refractivity contribution in [2.75, 3.05) is 17.6 Å². The summed E-state index contributed by atoms with van der Waals surface area (Å²) in [5, 5.41) is 4.04. The quantitative estimate of drug-likeness (QED) is 0.738. The molecule has 0 radical (unpaired) electrons. The van der Waals surface area contributed by atoms with E-state index < -0.39 is 5.91 Å². The standard InChI is InChI=1S/C11H16N4OS/c12-8-7(9(13)16)10(17-15-8)14-5-11(3-4-11)6-1-2-6/h6,14H,1-5H2,(H2,12,15)(H2,13,16). The maximum atomic E-state index is 11.3. The first-order valence-electron chi connectivity index (χ1n) is 5.91. The minimum Gasteiger partial charge on any atom is -0.382 e. The van der Waals surface area contributed by atoms with Gasteiger partial charge in [0.05, 0.1) is 0 Å². The van der Waals surface area contributed by atoms with Crippen molar-refractivity contribution in [3.8, 4) is 0 Å². The van der Waals surface area contributed by atoms with E-state index in [0.29, 0.717) is 11.0 Å². The van der Waals surface area contributed by atoms with Crippen molar-refractivity contribution in [3.63, 3.8) is 0 Å². The molecule has 0 atom stereocenters. The molecule has 1 heterocycles. The highest BCUT2D eigenvalue weighted by atomic mass is 32.1. The lowest BCUT2D eigenvalue weighted by Crippen LogP contribution is -2.20. The molecule has 2 aliphatic rings. The molecule has 0 aromatic carbocycles. The zero-order chi connectivity index (χ0) is 12.0. The van der Waals surface area contributed by atoms with E-state index in [0.717, 1.165) is 17.5 Å². The monoisotopic (exact) mass is 252 g/mol. The number of nitrogens with zero attached hydrogens (tertiary/aromatic N) is 1. The topological polar surface area (TPSA) is 94.0 Å². The van der Waals surface area contributed by atoms with E-state index in [1.165, 1.54) is 37.2 Å². The third-order valence-electron chi connectivity index (χ3n) is 3.90. The number of aromatic nitrogens is 1. The molecular formula is C11H16N4OS. The summed E-state index contributed by atoms with van der Waals surface area (Å²) in [6.07, 6.45) is 5.31. The second-order valence-corrected chi connectivity index (χ2v) is 5.90. The summed E-state index contributed by atoms with van der Waals surface area (Å²) >= 11 is 1.22. The lowest BCUT2D eigenvalue weighted by atomic mass is 10.0. The minimum absolute atomic E-state index is 0.237. The van der Waals surface area contributed by atoms with Crippen molar-refractivity contribution in [2.24, 2.45) is 17.1 Å². The molecule has 2 aliphatic carbocycles. The molecule has 5 nitrogen and oxygen atoms in total. The number of nitrogens with two attached hydrogens (primary N) is 2. The van der Waals surface area contributed by atoms with Gasteiger partial charge in [-0.05, 0) is 48.5 Å². The molecule has 0 saturated heterocycles. The Bertz CT molecular complexity index is 462. The number of amides is 1. The van der Waals surface area contributed by atoms with Crippen LogP contribution < -0.4 is 16.8 Å². The van der Waals surface area contributed by atoms with Crippen LogP contribution in [0.15, 0.2) is 0 Å². The molecule has 6 heteroatoms. The normalized spacial score (nSPS) is 21.2. The van der Waals surface area contributed by atoms with E-state index in [2.05, 4.69) is 9.69 Å². The fourth-order valence-electron chi connectivity index (χ4n) is 2.50. The lowest BCUT2D eigenvalue weighted by Gasteiger charge is -2.15. The van der Waals surface area contributed by atoms with Gasteiger partial charge in [0.25, 0.3) is 5.91 Å². The van der Waals surface area contributed by atoms with Crippen molar-refractivity contribution >= 4 is 28.3 Å². The first-order chi connectivity index (χ1) is 8.12. The van der Waals surface area contributed by atoms with E-state index in [4.69, 9.17) is 11.5 Å². The maximum Gasteiger partial charge on any atom is 0.255 e. The van der Waals surface area contributed by atoms with Crippen LogP contribution in [0, 0.1) is 11.3 Å². The Balaban J connectivity index is 1.71. The van der Waals surface area contributed by atoms with Gasteiger partial charge in [0.2, 0.25) is 0 Å². The summed E-state index contributed by atoms with van der Waals surface area (Å²) in [5.74, 6) is 0.619. The molecule has 2 fully saturated rings. The predicted molar refractivity (Wildman–Crippen MR) is 67.9 cm³/mol. The average Bonchev–Trinajstić information content (AvgIpc) is 3.13. The summed E-state index contributed by atoms with van der Waals surface area (Å²) in [5.41, 5.74) is 11.8. The highest BCUT2D eigenvalue weighted by Crippen LogP contribution is 2.61. The molecule has 5 N–H and O–H groups in total. The van der Waals surface area contributed by atoms with Gasteiger partial charge in [-0.15, -0.1) is 0 Å². The fraction of sp³-hybridized carbons (Fsp3) is 0.636. The Labute approximate surface area is 104 Å². The van der Waals surface area contributed by atoms with Crippen molar-refractivity contribution < 1.29 is 4.79 Å². The number of nitrogens with one attached hydrogen (secondary N) is 1. The lowest BCUT2D eigenvalue weighted by molar-refractivity contribution is 0.100. The van der Waals surface area contributed by atoms with Gasteiger partial charge in [-0.25, -0.2) is 0 Å². The zero-order valence-corrected chi connectivity index (χ0v) is 10.3. The van der Waals surface area contributed by atoms with Crippen molar-refractivity contribution in [1.82, 2.24) is 4.37 Å². The van der Waals surface area contributed by atoms with Gasteiger partial charge < -0.3 is 16.8 Å². The Kier molecular flexibility index (Phi) is 2.29. The van der Waals surface area contributed by atoms with Gasteiger partial charge in [-0.1, -0.05) is 0 Å². The first kappa shape index (κ1) is 10.8. The SMILES string of the molecule is NC(=O)c1c(N)nsc1NCC1(C2CC2)CC1. The van der Waals surface area contributed by atoms with Crippen LogP contribution in [0.4, 0.5) is 10.8 Å². The van der Waals surface area contributed by atoms with E-state index >= 15 is 0 Å². The predicted octanol–water partition coefficient (Wildman–Crippen LogP) is 1.43. The highest BCUT2D eigenvalue weighted by Gasteiger charge is 2.53. The zero-order valence-electron chi connectivity index (χ0n) is 9.53. The smallest absolute Gasteiger partial charge is 0.255 e. The van der Waals surface area contributed by atoms with Crippen LogP contribution in [0.3, 0.4) is 0 Å². The van der Waals surface area contributed by atoms with Crippen LogP contribution in [0.2, 0.25) is 0 Å². The van der Waals surface area contributed by atoms with Crippen LogP contribution >= 0.6 is 11.5 Å². The maximum absolute atomic E-state index is 11.3. The van der Waals surface area contributed by atoms with Gasteiger partial charge >= 0.3 is 0 Å². The number of rotatable bonds is 5. The molecule has 92 valence electrons. The Morgan fingerprint density at radius 3 is 2.76 bits per heavy atom. The third kappa shape index (κ3) is 1.86. The number of carbonyl (C=O) groups is 1. The Hall–Kier alpha value is -1.30. The van der Waals surface area contributed by atoms with Gasteiger partial charge in [0.15, 0.2) is 5.82 Å².